The summed E-state index contributed by atoms with van der Waals surface area (Å²) in [6.07, 6.45) is 2.04. The Labute approximate surface area is 205 Å². The molecule has 2 atom stereocenters. The monoisotopic (exact) mass is 476 g/mol. The van der Waals surface area contributed by atoms with Crippen molar-refractivity contribution < 1.29 is 19.4 Å². The SMILES string of the molecule is CC.CC.CC.CC1(C)Cc2cc(Cl)cc(COc3ccc(C4CC4CC(=O)O)cc3)c2O1. The van der Waals surface area contributed by atoms with E-state index in [0.717, 1.165) is 35.5 Å². The van der Waals surface area contributed by atoms with E-state index in [1.54, 1.807) is 0 Å². The number of hydrogen-bond acceptors (Lipinski definition) is 3. The van der Waals surface area contributed by atoms with Gasteiger partial charge in [-0.05, 0) is 67.5 Å². The van der Waals surface area contributed by atoms with E-state index in [4.69, 9.17) is 26.2 Å². The van der Waals surface area contributed by atoms with Crippen LogP contribution in [0.1, 0.15) is 90.8 Å². The minimum atomic E-state index is -0.720. The quantitative estimate of drug-likeness (QED) is 0.455. The number of rotatable bonds is 6. The van der Waals surface area contributed by atoms with Crippen LogP contribution in [0.3, 0.4) is 0 Å². The van der Waals surface area contributed by atoms with Gasteiger partial charge in [0.05, 0.1) is 0 Å². The number of hydrogen-bond donors (Lipinski definition) is 1. The van der Waals surface area contributed by atoms with Crippen LogP contribution in [0.25, 0.3) is 0 Å². The molecule has 0 spiro atoms. The minimum absolute atomic E-state index is 0.222. The predicted octanol–water partition coefficient (Wildman–Crippen LogP) is 8.29. The Bertz CT molecular complexity index is 874. The lowest BCUT2D eigenvalue weighted by Gasteiger charge is -2.18. The molecule has 1 aliphatic heterocycles. The van der Waals surface area contributed by atoms with Gasteiger partial charge in [0.15, 0.2) is 0 Å². The van der Waals surface area contributed by atoms with Gasteiger partial charge in [-0.2, -0.15) is 0 Å². The maximum atomic E-state index is 10.8. The number of halogens is 1. The first-order chi connectivity index (χ1) is 15.8. The summed E-state index contributed by atoms with van der Waals surface area (Å²) >= 11 is 6.26. The first-order valence-electron chi connectivity index (χ1n) is 12.3. The smallest absolute Gasteiger partial charge is 0.303 e. The van der Waals surface area contributed by atoms with E-state index >= 15 is 0 Å². The average molecular weight is 477 g/mol. The Kier molecular flexibility index (Phi) is 11.8. The first-order valence-corrected chi connectivity index (χ1v) is 12.6. The molecule has 2 aromatic carbocycles. The van der Waals surface area contributed by atoms with Gasteiger partial charge in [-0.1, -0.05) is 65.3 Å². The molecular formula is C28H41ClO4. The second kappa shape index (κ2) is 13.5. The van der Waals surface area contributed by atoms with Crippen molar-refractivity contribution in [2.45, 2.75) is 92.8 Å². The lowest BCUT2D eigenvalue weighted by atomic mass is 10.0. The zero-order valence-corrected chi connectivity index (χ0v) is 22.3. The number of carboxylic acid groups (broad SMARTS) is 1. The summed E-state index contributed by atoms with van der Waals surface area (Å²) in [7, 11) is 0. The van der Waals surface area contributed by atoms with Crippen LogP contribution in [0.2, 0.25) is 5.02 Å². The zero-order chi connectivity index (χ0) is 25.2. The molecule has 1 heterocycles. The van der Waals surface area contributed by atoms with Crippen molar-refractivity contribution in [3.05, 3.63) is 58.1 Å². The summed E-state index contributed by atoms with van der Waals surface area (Å²) < 4.78 is 12.0. The lowest BCUT2D eigenvalue weighted by Crippen LogP contribution is -2.25. The summed E-state index contributed by atoms with van der Waals surface area (Å²) in [5, 5.41) is 9.59. The first kappa shape index (κ1) is 28.8. The fraction of sp³-hybridized carbons (Fsp3) is 0.536. The Morgan fingerprint density at radius 3 is 2.27 bits per heavy atom. The molecule has 2 aromatic rings. The third kappa shape index (κ3) is 8.26. The third-order valence-electron chi connectivity index (χ3n) is 5.26. The van der Waals surface area contributed by atoms with Crippen molar-refractivity contribution in [1.82, 2.24) is 0 Å². The van der Waals surface area contributed by atoms with Gasteiger partial charge in [0, 0.05) is 23.4 Å². The number of carboxylic acids is 1. The van der Waals surface area contributed by atoms with Crippen molar-refractivity contribution in [2.75, 3.05) is 0 Å². The molecule has 1 aliphatic carbocycles. The highest BCUT2D eigenvalue weighted by Gasteiger charge is 2.39. The van der Waals surface area contributed by atoms with E-state index in [9.17, 15) is 4.79 Å². The van der Waals surface area contributed by atoms with Crippen molar-refractivity contribution in [3.8, 4) is 11.5 Å². The molecule has 0 amide bonds. The van der Waals surface area contributed by atoms with Crippen LogP contribution in [0.15, 0.2) is 36.4 Å². The lowest BCUT2D eigenvalue weighted by molar-refractivity contribution is -0.137. The van der Waals surface area contributed by atoms with E-state index in [2.05, 4.69) is 13.8 Å². The second-order valence-electron chi connectivity index (χ2n) is 8.15. The van der Waals surface area contributed by atoms with Crippen LogP contribution < -0.4 is 9.47 Å². The predicted molar refractivity (Wildman–Crippen MR) is 138 cm³/mol. The fourth-order valence-electron chi connectivity index (χ4n) is 3.93. The molecule has 0 aromatic heterocycles. The fourth-order valence-corrected chi connectivity index (χ4v) is 4.19. The molecule has 1 fully saturated rings. The largest absolute Gasteiger partial charge is 0.489 e. The van der Waals surface area contributed by atoms with Crippen LogP contribution in [0.4, 0.5) is 0 Å². The molecule has 33 heavy (non-hydrogen) atoms. The molecule has 0 saturated heterocycles. The number of carbonyl (C=O) groups is 1. The summed E-state index contributed by atoms with van der Waals surface area (Å²) in [5.41, 5.74) is 3.04. The van der Waals surface area contributed by atoms with E-state index in [1.165, 1.54) is 5.56 Å². The van der Waals surface area contributed by atoms with E-state index in [1.807, 2.05) is 77.9 Å². The highest BCUT2D eigenvalue weighted by molar-refractivity contribution is 6.30. The highest BCUT2D eigenvalue weighted by atomic mass is 35.5. The molecule has 1 saturated carbocycles. The molecule has 1 N–H and O–H groups in total. The highest BCUT2D eigenvalue weighted by Crippen LogP contribution is 2.49. The topological polar surface area (TPSA) is 55.8 Å². The Balaban J connectivity index is 0.000000841. The summed E-state index contributed by atoms with van der Waals surface area (Å²) in [6.45, 7) is 16.5. The summed E-state index contributed by atoms with van der Waals surface area (Å²) in [5.74, 6) is 1.57. The Morgan fingerprint density at radius 1 is 1.09 bits per heavy atom. The Hall–Kier alpha value is -2.20. The molecule has 4 rings (SSSR count). The van der Waals surface area contributed by atoms with E-state index < -0.39 is 5.97 Å². The van der Waals surface area contributed by atoms with Gasteiger partial charge >= 0.3 is 5.97 Å². The summed E-state index contributed by atoms with van der Waals surface area (Å²) in [4.78, 5) is 10.8. The zero-order valence-electron chi connectivity index (χ0n) is 21.5. The second-order valence-corrected chi connectivity index (χ2v) is 8.59. The number of aliphatic carboxylic acids is 1. The van der Waals surface area contributed by atoms with Crippen LogP contribution >= 0.6 is 11.6 Å². The number of fused-ring (bicyclic) bond motifs is 1. The van der Waals surface area contributed by atoms with Crippen molar-refractivity contribution in [1.29, 1.82) is 0 Å². The molecule has 0 radical (unpaired) electrons. The van der Waals surface area contributed by atoms with Gasteiger partial charge in [-0.25, -0.2) is 0 Å². The average Bonchev–Trinajstić information content (AvgIpc) is 3.48. The van der Waals surface area contributed by atoms with E-state index in [-0.39, 0.29) is 17.9 Å². The Morgan fingerprint density at radius 2 is 1.70 bits per heavy atom. The molecular weight excluding hydrogens is 436 g/mol. The third-order valence-corrected chi connectivity index (χ3v) is 5.48. The summed E-state index contributed by atoms with van der Waals surface area (Å²) in [6, 6.07) is 11.8. The number of ether oxygens (including phenoxy) is 2. The molecule has 5 heteroatoms. The van der Waals surface area contributed by atoms with E-state index in [0.29, 0.717) is 17.5 Å². The maximum Gasteiger partial charge on any atom is 0.303 e. The maximum absolute atomic E-state index is 10.8. The molecule has 4 nitrogen and oxygen atoms in total. The van der Waals surface area contributed by atoms with Gasteiger partial charge in [0.2, 0.25) is 0 Å². The van der Waals surface area contributed by atoms with Gasteiger partial charge in [-0.15, -0.1) is 0 Å². The van der Waals surface area contributed by atoms with Gasteiger partial charge in [-0.3, -0.25) is 4.79 Å². The van der Waals surface area contributed by atoms with Gasteiger partial charge in [0.25, 0.3) is 0 Å². The van der Waals surface area contributed by atoms with Crippen LogP contribution in [0, 0.1) is 5.92 Å². The standard InChI is InChI=1S/C22H23ClO4.3C2H6/c1-22(2)11-15-7-17(23)8-16(21(15)27-22)12-26-18-5-3-13(4-6-18)19-9-14(19)10-20(24)25;3*1-2/h3-8,14,19H,9-12H2,1-2H3,(H,24,25);3*1-2H3. The molecule has 2 aliphatic rings. The van der Waals surface area contributed by atoms with Crippen LogP contribution in [-0.4, -0.2) is 16.7 Å². The molecule has 0 bridgehead atoms. The van der Waals surface area contributed by atoms with Crippen molar-refractivity contribution >= 4 is 17.6 Å². The van der Waals surface area contributed by atoms with Gasteiger partial charge < -0.3 is 14.6 Å². The molecule has 2 unspecified atom stereocenters. The van der Waals surface area contributed by atoms with Crippen LogP contribution in [-0.2, 0) is 17.8 Å². The van der Waals surface area contributed by atoms with Gasteiger partial charge in [0.1, 0.15) is 23.7 Å². The number of benzene rings is 2. The van der Waals surface area contributed by atoms with Crippen molar-refractivity contribution in [3.63, 3.8) is 0 Å². The molecule has 184 valence electrons. The normalized spacial score (nSPS) is 18.6. The van der Waals surface area contributed by atoms with Crippen molar-refractivity contribution in [2.24, 2.45) is 5.92 Å². The minimum Gasteiger partial charge on any atom is -0.489 e. The van der Waals surface area contributed by atoms with Crippen LogP contribution in [0.5, 0.6) is 11.5 Å².